The zero-order chi connectivity index (χ0) is 7.84. The second-order valence-corrected chi connectivity index (χ2v) is 2.32. The Hall–Kier alpha value is -1.65. The zero-order valence-corrected chi connectivity index (χ0v) is 5.61. The van der Waals surface area contributed by atoms with Crippen LogP contribution in [0.4, 0.5) is 0 Å². The molecule has 1 atom stereocenters. The Morgan fingerprint density at radius 3 is 3.09 bits per heavy atom. The maximum absolute atomic E-state index is 11.1. The summed E-state index contributed by atoms with van der Waals surface area (Å²) in [6.07, 6.45) is 3.22. The third-order valence-corrected chi connectivity index (χ3v) is 1.61. The van der Waals surface area contributed by atoms with Gasteiger partial charge in [-0.15, -0.1) is 5.10 Å². The molecule has 0 fully saturated rings. The zero-order valence-electron chi connectivity index (χ0n) is 5.61. The minimum absolute atomic E-state index is 0.162. The highest BCUT2D eigenvalue weighted by Crippen LogP contribution is 2.12. The van der Waals surface area contributed by atoms with Crippen molar-refractivity contribution in [3.05, 3.63) is 12.3 Å². The Balaban J connectivity index is 2.42. The number of hydrogen-bond acceptors (Lipinski definition) is 4. The van der Waals surface area contributed by atoms with Crippen molar-refractivity contribution in [2.45, 2.75) is 0 Å². The average molecular weight is 150 g/mol. The topological polar surface area (TPSA) is 79.8 Å². The van der Waals surface area contributed by atoms with Crippen molar-refractivity contribution >= 4 is 17.5 Å². The number of carbonyl (C=O) groups excluding carboxylic acids is 1. The first-order valence-electron chi connectivity index (χ1n) is 3.17. The van der Waals surface area contributed by atoms with Crippen LogP contribution in [0.15, 0.2) is 22.5 Å². The van der Waals surface area contributed by atoms with Crippen molar-refractivity contribution in [1.29, 1.82) is 0 Å². The molecule has 0 saturated heterocycles. The van der Waals surface area contributed by atoms with Crippen LogP contribution in [-0.4, -0.2) is 17.5 Å². The smallest absolute Gasteiger partial charge is 0.240 e. The van der Waals surface area contributed by atoms with E-state index in [-0.39, 0.29) is 11.7 Å². The number of nitrogens with zero attached hydrogens (tertiary/aromatic N) is 2. The number of carbonyl (C=O) groups is 1. The van der Waals surface area contributed by atoms with Crippen LogP contribution in [0.3, 0.4) is 0 Å². The van der Waals surface area contributed by atoms with Crippen molar-refractivity contribution in [1.82, 2.24) is 5.32 Å². The van der Waals surface area contributed by atoms with Gasteiger partial charge in [-0.25, -0.2) is 0 Å². The van der Waals surface area contributed by atoms with Crippen LogP contribution in [-0.2, 0) is 4.79 Å². The largest absolute Gasteiger partial charge is 0.385 e. The minimum Gasteiger partial charge on any atom is -0.385 e. The van der Waals surface area contributed by atoms with Gasteiger partial charge in [-0.05, 0) is 6.08 Å². The summed E-state index contributed by atoms with van der Waals surface area (Å²) in [5.74, 6) is -0.355. The molecule has 2 heterocycles. The lowest BCUT2D eigenvalue weighted by molar-refractivity contribution is -0.120. The summed E-state index contributed by atoms with van der Waals surface area (Å²) in [5, 5.41) is 9.85. The van der Waals surface area contributed by atoms with Crippen LogP contribution in [0.2, 0.25) is 0 Å². The van der Waals surface area contributed by atoms with Crippen LogP contribution >= 0.6 is 0 Å². The lowest BCUT2D eigenvalue weighted by Gasteiger charge is -2.12. The molecule has 2 aliphatic heterocycles. The molecule has 5 nitrogen and oxygen atoms in total. The lowest BCUT2D eigenvalue weighted by atomic mass is 10.00. The van der Waals surface area contributed by atoms with Crippen molar-refractivity contribution in [3.8, 4) is 0 Å². The van der Waals surface area contributed by atoms with E-state index in [4.69, 9.17) is 5.73 Å². The summed E-state index contributed by atoms with van der Waals surface area (Å²) >= 11 is 0. The molecule has 0 aromatic carbocycles. The summed E-state index contributed by atoms with van der Waals surface area (Å²) in [7, 11) is 0. The highest BCUT2D eigenvalue weighted by atomic mass is 16.2. The number of fused-ring (bicyclic) bond motifs is 1. The fourth-order valence-corrected chi connectivity index (χ4v) is 1.07. The predicted octanol–water partition coefficient (Wildman–Crippen LogP) is -1.03. The SMILES string of the molecule is NC1=NN=C2C=CNC(=O)C12. The molecule has 0 radical (unpaired) electrons. The first-order valence-corrected chi connectivity index (χ1v) is 3.17. The van der Waals surface area contributed by atoms with Crippen molar-refractivity contribution in [2.75, 3.05) is 0 Å². The van der Waals surface area contributed by atoms with Gasteiger partial charge in [0.05, 0.1) is 5.71 Å². The third-order valence-electron chi connectivity index (χ3n) is 1.61. The van der Waals surface area contributed by atoms with E-state index in [0.29, 0.717) is 5.71 Å². The van der Waals surface area contributed by atoms with E-state index in [1.165, 1.54) is 6.20 Å². The minimum atomic E-state index is -0.458. The molecule has 0 aromatic rings. The Kier molecular flexibility index (Phi) is 1.06. The summed E-state index contributed by atoms with van der Waals surface area (Å²) in [5.41, 5.74) is 6.04. The number of nitrogens with two attached hydrogens (primary N) is 1. The first-order chi connectivity index (χ1) is 5.29. The van der Waals surface area contributed by atoms with Crippen LogP contribution in [0.1, 0.15) is 0 Å². The normalized spacial score (nSPS) is 27.3. The number of allylic oxidation sites excluding steroid dienone is 1. The number of nitrogens with one attached hydrogen (secondary N) is 1. The molecule has 5 heteroatoms. The standard InChI is InChI=1S/C6H6N4O/c7-5-4-3(9-10-5)1-2-8-6(4)11/h1-2,4H,(H2,7,10)(H,8,11). The van der Waals surface area contributed by atoms with Gasteiger partial charge in [0.1, 0.15) is 11.8 Å². The van der Waals surface area contributed by atoms with Crippen molar-refractivity contribution in [3.63, 3.8) is 0 Å². The molecule has 0 saturated carbocycles. The van der Waals surface area contributed by atoms with Gasteiger partial charge < -0.3 is 11.1 Å². The second-order valence-electron chi connectivity index (χ2n) is 2.32. The number of amides is 1. The third kappa shape index (κ3) is 0.739. The van der Waals surface area contributed by atoms with E-state index in [1.807, 2.05) is 0 Å². The molecule has 0 bridgehead atoms. The van der Waals surface area contributed by atoms with Crippen molar-refractivity contribution in [2.24, 2.45) is 21.9 Å². The summed E-state index contributed by atoms with van der Waals surface area (Å²) in [6.45, 7) is 0. The van der Waals surface area contributed by atoms with Gasteiger partial charge in [-0.3, -0.25) is 4.79 Å². The van der Waals surface area contributed by atoms with Crippen LogP contribution in [0.5, 0.6) is 0 Å². The van der Waals surface area contributed by atoms with E-state index < -0.39 is 5.92 Å². The predicted molar refractivity (Wildman–Crippen MR) is 39.8 cm³/mol. The number of rotatable bonds is 0. The van der Waals surface area contributed by atoms with Gasteiger partial charge in [-0.2, -0.15) is 5.10 Å². The van der Waals surface area contributed by atoms with Gasteiger partial charge in [0.15, 0.2) is 0 Å². The quantitative estimate of drug-likeness (QED) is 0.463. The van der Waals surface area contributed by atoms with Crippen LogP contribution in [0, 0.1) is 5.92 Å². The molecule has 0 aromatic heterocycles. The van der Waals surface area contributed by atoms with E-state index in [1.54, 1.807) is 6.08 Å². The fraction of sp³-hybridized carbons (Fsp3) is 0.167. The van der Waals surface area contributed by atoms with Gasteiger partial charge in [0.25, 0.3) is 0 Å². The van der Waals surface area contributed by atoms with E-state index in [2.05, 4.69) is 15.5 Å². The molecule has 11 heavy (non-hydrogen) atoms. The van der Waals surface area contributed by atoms with Gasteiger partial charge in [0.2, 0.25) is 5.91 Å². The highest BCUT2D eigenvalue weighted by molar-refractivity contribution is 6.27. The van der Waals surface area contributed by atoms with E-state index in [0.717, 1.165) is 0 Å². The first kappa shape index (κ1) is 6.09. The molecule has 56 valence electrons. The Morgan fingerprint density at radius 1 is 1.55 bits per heavy atom. The summed E-state index contributed by atoms with van der Waals surface area (Å²) in [6, 6.07) is 0. The number of hydrogen-bond donors (Lipinski definition) is 2. The van der Waals surface area contributed by atoms with E-state index in [9.17, 15) is 4.79 Å². The Labute approximate surface area is 62.7 Å². The lowest BCUT2D eigenvalue weighted by Crippen LogP contribution is -2.41. The molecule has 3 N–H and O–H groups in total. The second kappa shape index (κ2) is 1.91. The van der Waals surface area contributed by atoms with Crippen LogP contribution in [0.25, 0.3) is 0 Å². The van der Waals surface area contributed by atoms with Gasteiger partial charge >= 0.3 is 0 Å². The summed E-state index contributed by atoms with van der Waals surface area (Å²) in [4.78, 5) is 11.1. The molecule has 2 aliphatic rings. The fourth-order valence-electron chi connectivity index (χ4n) is 1.07. The monoisotopic (exact) mass is 150 g/mol. The highest BCUT2D eigenvalue weighted by Gasteiger charge is 2.32. The molecule has 2 rings (SSSR count). The molecule has 1 unspecified atom stereocenters. The van der Waals surface area contributed by atoms with Crippen molar-refractivity contribution < 1.29 is 4.79 Å². The Bertz CT molecular complexity index is 302. The Morgan fingerprint density at radius 2 is 2.36 bits per heavy atom. The molecular formula is C6H6N4O. The van der Waals surface area contributed by atoms with E-state index >= 15 is 0 Å². The number of amidine groups is 1. The van der Waals surface area contributed by atoms with Crippen LogP contribution < -0.4 is 11.1 Å². The van der Waals surface area contributed by atoms with Gasteiger partial charge in [0, 0.05) is 6.20 Å². The molecule has 1 amide bonds. The molecular weight excluding hydrogens is 144 g/mol. The maximum atomic E-state index is 11.1. The molecule has 0 spiro atoms. The molecule has 0 aliphatic carbocycles. The van der Waals surface area contributed by atoms with Gasteiger partial charge in [-0.1, -0.05) is 0 Å². The average Bonchev–Trinajstić information content (AvgIpc) is 2.34. The maximum Gasteiger partial charge on any atom is 0.240 e. The summed E-state index contributed by atoms with van der Waals surface area (Å²) < 4.78 is 0.